The number of hydrogen-bond acceptors (Lipinski definition) is 13. The van der Waals surface area contributed by atoms with Gasteiger partial charge in [-0.25, -0.2) is 19.7 Å². The van der Waals surface area contributed by atoms with E-state index in [2.05, 4.69) is 39.8 Å². The number of aryl methyl sites for hydroxylation is 1. The Labute approximate surface area is 226 Å². The van der Waals surface area contributed by atoms with Crippen molar-refractivity contribution < 1.29 is 27.7 Å². The fourth-order valence-electron chi connectivity index (χ4n) is 3.87. The Hall–Kier alpha value is -4.12. The zero-order valence-electron chi connectivity index (χ0n) is 21.8. The predicted molar refractivity (Wildman–Crippen MR) is 136 cm³/mol. The van der Waals surface area contributed by atoms with E-state index in [0.29, 0.717) is 11.6 Å². The molecule has 4 aromatic heterocycles. The maximum absolute atomic E-state index is 11.8. The summed E-state index contributed by atoms with van der Waals surface area (Å²) in [5, 5.41) is 8.74. The van der Waals surface area contributed by atoms with Crippen LogP contribution in [0.4, 0.5) is 0 Å². The Morgan fingerprint density at radius 1 is 1.00 bits per heavy atom. The molecule has 0 saturated carbocycles. The largest absolute Gasteiger partial charge is 0.760 e. The highest BCUT2D eigenvalue weighted by Crippen LogP contribution is 2.34. The van der Waals surface area contributed by atoms with Gasteiger partial charge in [-0.05, 0) is 18.6 Å². The molecule has 0 bridgehead atoms. The van der Waals surface area contributed by atoms with Crippen molar-refractivity contribution in [2.24, 2.45) is 0 Å². The Bertz CT molecular complexity index is 1410. The van der Waals surface area contributed by atoms with Gasteiger partial charge in [0, 0.05) is 43.3 Å². The third-order valence-corrected chi connectivity index (χ3v) is 6.08. The smallest absolute Gasteiger partial charge is 0.245 e. The maximum Gasteiger partial charge on any atom is 0.245 e. The molecule has 0 fully saturated rings. The molecule has 0 saturated heterocycles. The second-order valence-corrected chi connectivity index (χ2v) is 8.72. The number of methoxy groups -OCH3 is 4. The Kier molecular flexibility index (Phi) is 9.03. The highest BCUT2D eigenvalue weighted by atomic mass is 32.2. The first-order chi connectivity index (χ1) is 18.9. The van der Waals surface area contributed by atoms with Gasteiger partial charge < -0.3 is 23.5 Å². The molecule has 16 heteroatoms. The van der Waals surface area contributed by atoms with Crippen LogP contribution in [0.1, 0.15) is 23.3 Å². The van der Waals surface area contributed by atoms with Crippen LogP contribution in [-0.2, 0) is 22.4 Å². The molecule has 4 rings (SSSR count). The molecule has 4 aromatic rings. The molecule has 39 heavy (non-hydrogen) atoms. The van der Waals surface area contributed by atoms with Crippen molar-refractivity contribution >= 4 is 11.3 Å². The van der Waals surface area contributed by atoms with Gasteiger partial charge in [0.15, 0.2) is 17.3 Å². The van der Waals surface area contributed by atoms with Crippen LogP contribution >= 0.6 is 0 Å². The van der Waals surface area contributed by atoms with Crippen LogP contribution in [0.25, 0.3) is 17.2 Å². The van der Waals surface area contributed by atoms with E-state index in [1.54, 1.807) is 35.2 Å². The zero-order chi connectivity index (χ0) is 27.9. The van der Waals surface area contributed by atoms with Crippen molar-refractivity contribution in [3.05, 3.63) is 54.1 Å². The molecule has 0 aliphatic carbocycles. The molecule has 0 aliphatic heterocycles. The summed E-state index contributed by atoms with van der Waals surface area (Å²) in [5.41, 5.74) is 1.52. The zero-order valence-corrected chi connectivity index (χ0v) is 22.6. The fraction of sp³-hybridized carbons (Fsp3) is 0.348. The summed E-state index contributed by atoms with van der Waals surface area (Å²) in [6, 6.07) is 4.25. The van der Waals surface area contributed by atoms with Crippen molar-refractivity contribution in [1.82, 2.24) is 44.4 Å². The molecule has 0 aliphatic rings. The van der Waals surface area contributed by atoms with Crippen LogP contribution in [0.2, 0.25) is 0 Å². The highest BCUT2D eigenvalue weighted by Gasteiger charge is 2.31. The van der Waals surface area contributed by atoms with E-state index in [4.69, 9.17) is 18.9 Å². The van der Waals surface area contributed by atoms with E-state index in [1.165, 1.54) is 34.8 Å². The molecule has 206 valence electrons. The lowest BCUT2D eigenvalue weighted by atomic mass is 10.1. The van der Waals surface area contributed by atoms with Crippen molar-refractivity contribution in [3.8, 4) is 34.8 Å². The summed E-state index contributed by atoms with van der Waals surface area (Å²) >= 11 is -2.66. The van der Waals surface area contributed by atoms with Crippen molar-refractivity contribution in [1.29, 1.82) is 0 Å². The molecule has 0 spiro atoms. The molecular weight excluding hydrogens is 530 g/mol. The molecule has 15 nitrogen and oxygen atoms in total. The summed E-state index contributed by atoms with van der Waals surface area (Å²) in [5.74, 6) is 1.52. The number of rotatable bonds is 12. The van der Waals surface area contributed by atoms with Gasteiger partial charge in [0.1, 0.15) is 23.9 Å². The van der Waals surface area contributed by atoms with E-state index >= 15 is 0 Å². The second kappa shape index (κ2) is 12.6. The fourth-order valence-corrected chi connectivity index (χ4v) is 4.32. The van der Waals surface area contributed by atoms with Crippen LogP contribution in [-0.4, -0.2) is 82.9 Å². The number of nitrogens with one attached hydrogen (secondary N) is 1. The third kappa shape index (κ3) is 6.14. The van der Waals surface area contributed by atoms with Crippen LogP contribution in [0, 0.1) is 6.92 Å². The minimum Gasteiger partial charge on any atom is -0.760 e. The van der Waals surface area contributed by atoms with E-state index in [-0.39, 0.29) is 41.3 Å². The molecule has 3 atom stereocenters. The second-order valence-electron chi connectivity index (χ2n) is 8.02. The average Bonchev–Trinajstić information content (AvgIpc) is 3.36. The molecule has 0 radical (unpaired) electrons. The van der Waals surface area contributed by atoms with Crippen LogP contribution in [0.3, 0.4) is 0 Å². The SMILES string of the molecule is COc1cccc(-c2nnc(C[C@H](NS(=O)[O-])[C@H](OC)c3ncc(C)cn3)n2-c2c(OC)ncnc2OC)n1. The number of ether oxygens (including phenoxy) is 4. The summed E-state index contributed by atoms with van der Waals surface area (Å²) in [6.07, 6.45) is 3.62. The number of hydrogen-bond donors (Lipinski definition) is 1. The Morgan fingerprint density at radius 3 is 2.28 bits per heavy atom. The maximum atomic E-state index is 11.8. The third-order valence-electron chi connectivity index (χ3n) is 5.58. The Balaban J connectivity index is 1.90. The Morgan fingerprint density at radius 2 is 1.69 bits per heavy atom. The van der Waals surface area contributed by atoms with Gasteiger partial charge in [0.2, 0.25) is 17.6 Å². The van der Waals surface area contributed by atoms with Crippen molar-refractivity contribution in [2.45, 2.75) is 25.5 Å². The van der Waals surface area contributed by atoms with E-state index in [9.17, 15) is 8.76 Å². The summed E-state index contributed by atoms with van der Waals surface area (Å²) in [7, 11) is 5.82. The lowest BCUT2D eigenvalue weighted by Gasteiger charge is -2.27. The minimum absolute atomic E-state index is 0.0259. The first-order valence-electron chi connectivity index (χ1n) is 11.5. The lowest BCUT2D eigenvalue weighted by molar-refractivity contribution is 0.0670. The van der Waals surface area contributed by atoms with Crippen LogP contribution < -0.4 is 18.9 Å². The molecule has 1 N–H and O–H groups in total. The summed E-state index contributed by atoms with van der Waals surface area (Å²) in [4.78, 5) is 21.5. The van der Waals surface area contributed by atoms with Crippen molar-refractivity contribution in [3.63, 3.8) is 0 Å². The number of nitrogens with zero attached hydrogens (tertiary/aromatic N) is 8. The van der Waals surface area contributed by atoms with E-state index in [0.717, 1.165) is 5.56 Å². The van der Waals surface area contributed by atoms with Crippen LogP contribution in [0.5, 0.6) is 17.6 Å². The van der Waals surface area contributed by atoms with Gasteiger partial charge in [0.25, 0.3) is 0 Å². The lowest BCUT2D eigenvalue weighted by Crippen LogP contribution is -2.40. The highest BCUT2D eigenvalue weighted by molar-refractivity contribution is 7.77. The topological polar surface area (TPSA) is 184 Å². The minimum atomic E-state index is -2.66. The van der Waals surface area contributed by atoms with Gasteiger partial charge in [-0.1, -0.05) is 6.07 Å². The molecule has 4 heterocycles. The van der Waals surface area contributed by atoms with Gasteiger partial charge >= 0.3 is 0 Å². The number of aromatic nitrogens is 8. The molecular formula is C23H26N9O6S-. The first kappa shape index (κ1) is 27.9. The predicted octanol–water partition coefficient (Wildman–Crippen LogP) is 0.926. The average molecular weight is 557 g/mol. The molecule has 0 aromatic carbocycles. The quantitative estimate of drug-likeness (QED) is 0.243. The van der Waals surface area contributed by atoms with Gasteiger partial charge in [-0.15, -0.1) is 10.2 Å². The molecule has 1 unspecified atom stereocenters. The first-order valence-corrected chi connectivity index (χ1v) is 12.5. The standard InChI is InChI=1S/C23H27N9O6S/c1-13-10-24-20(25-11-13)19(36-3)15(31-39(33)34)9-16-29-30-21(14-7-6-8-17(28-14)35-2)32(16)18-22(37-4)26-12-27-23(18)38-5/h6-8,10-12,15,19,31H,9H2,1-5H3,(H,33,34)/p-1/t15-,19-/m0/s1. The van der Waals surface area contributed by atoms with Gasteiger partial charge in [0.05, 0.1) is 27.4 Å². The summed E-state index contributed by atoms with van der Waals surface area (Å²) < 4.78 is 49.7. The van der Waals surface area contributed by atoms with Crippen molar-refractivity contribution in [2.75, 3.05) is 28.4 Å². The molecule has 0 amide bonds. The normalized spacial score (nSPS) is 13.5. The monoisotopic (exact) mass is 556 g/mol. The van der Waals surface area contributed by atoms with E-state index < -0.39 is 23.4 Å². The van der Waals surface area contributed by atoms with E-state index in [1.807, 2.05) is 6.92 Å². The number of pyridine rings is 1. The van der Waals surface area contributed by atoms with Gasteiger partial charge in [-0.2, -0.15) is 9.97 Å². The summed E-state index contributed by atoms with van der Waals surface area (Å²) in [6.45, 7) is 1.84. The van der Waals surface area contributed by atoms with Crippen LogP contribution in [0.15, 0.2) is 36.9 Å². The van der Waals surface area contributed by atoms with Gasteiger partial charge in [-0.3, -0.25) is 8.78 Å².